The molecule has 2 amide bonds. The van der Waals surface area contributed by atoms with Crippen molar-refractivity contribution in [2.75, 3.05) is 26.7 Å². The molecule has 3 heterocycles. The molecule has 0 spiro atoms. The van der Waals surface area contributed by atoms with E-state index in [4.69, 9.17) is 5.73 Å². The maximum absolute atomic E-state index is 16.5. The Hall–Kier alpha value is -2.53. The van der Waals surface area contributed by atoms with Gasteiger partial charge in [0.15, 0.2) is 6.17 Å². The number of aliphatic imine (C=N–C) groups is 1. The van der Waals surface area contributed by atoms with Crippen LogP contribution in [0.3, 0.4) is 0 Å². The second-order valence-electron chi connectivity index (χ2n) is 13.4. The highest BCUT2D eigenvalue weighted by molar-refractivity contribution is 5.82. The van der Waals surface area contributed by atoms with Gasteiger partial charge in [-0.1, -0.05) is 65.4 Å². The summed E-state index contributed by atoms with van der Waals surface area (Å²) < 4.78 is 31.3. The smallest absolute Gasteiger partial charge is 0.232 e. The van der Waals surface area contributed by atoms with Gasteiger partial charge in [0, 0.05) is 57.0 Å². The minimum Gasteiger partial charge on any atom is -0.373 e. The van der Waals surface area contributed by atoms with Crippen LogP contribution in [0.2, 0.25) is 0 Å². The van der Waals surface area contributed by atoms with Crippen LogP contribution in [0.1, 0.15) is 105 Å². The molecule has 6 atom stereocenters. The van der Waals surface area contributed by atoms with Crippen LogP contribution in [0.5, 0.6) is 0 Å². The van der Waals surface area contributed by atoms with Gasteiger partial charge in [0.2, 0.25) is 11.8 Å². The number of likely N-dealkylation sites (tertiary alicyclic amines) is 1. The number of carbonyl (C=O) groups is 2. The van der Waals surface area contributed by atoms with Crippen LogP contribution in [0.25, 0.3) is 0 Å². The predicted octanol–water partition coefficient (Wildman–Crippen LogP) is 4.84. The van der Waals surface area contributed by atoms with Crippen LogP contribution >= 0.6 is 0 Å². The molecule has 3 aliphatic rings. The third-order valence-corrected chi connectivity index (χ3v) is 9.86. The van der Waals surface area contributed by atoms with Crippen molar-refractivity contribution in [1.82, 2.24) is 26.2 Å². The van der Waals surface area contributed by atoms with Crippen LogP contribution in [-0.2, 0) is 9.59 Å². The van der Waals surface area contributed by atoms with Crippen LogP contribution in [0.15, 0.2) is 28.2 Å². The molecular formula is C35H61F2N7O2. The molecule has 0 aromatic carbocycles. The largest absolute Gasteiger partial charge is 0.373 e. The van der Waals surface area contributed by atoms with Crippen molar-refractivity contribution in [3.63, 3.8) is 0 Å². The highest BCUT2D eigenvalue weighted by Gasteiger charge is 2.39. The molecule has 46 heavy (non-hydrogen) atoms. The Kier molecular flexibility index (Phi) is 15.9. The van der Waals surface area contributed by atoms with E-state index in [1.807, 2.05) is 11.0 Å². The summed E-state index contributed by atoms with van der Waals surface area (Å²) in [6.45, 7) is 9.57. The number of unbranched alkanes of at least 4 members (excludes halogenated alkanes) is 3. The highest BCUT2D eigenvalue weighted by Crippen LogP contribution is 2.31. The average molecular weight is 650 g/mol. The first-order valence-corrected chi connectivity index (χ1v) is 17.9. The zero-order valence-corrected chi connectivity index (χ0v) is 28.9. The average Bonchev–Trinajstić information content (AvgIpc) is 3.04. The molecule has 6 N–H and O–H groups in total. The van der Waals surface area contributed by atoms with E-state index >= 15 is 4.39 Å². The molecule has 1 saturated heterocycles. The predicted molar refractivity (Wildman–Crippen MR) is 182 cm³/mol. The van der Waals surface area contributed by atoms with Gasteiger partial charge in [0.1, 0.15) is 6.17 Å². The van der Waals surface area contributed by atoms with Gasteiger partial charge in [-0.25, -0.2) is 8.78 Å². The minimum absolute atomic E-state index is 0.00847. The Morgan fingerprint density at radius 2 is 1.76 bits per heavy atom. The van der Waals surface area contributed by atoms with Gasteiger partial charge in [-0.05, 0) is 44.9 Å². The van der Waals surface area contributed by atoms with Crippen molar-refractivity contribution in [1.29, 1.82) is 0 Å². The lowest BCUT2D eigenvalue weighted by atomic mass is 9.90. The van der Waals surface area contributed by atoms with E-state index in [0.717, 1.165) is 57.1 Å². The van der Waals surface area contributed by atoms with E-state index < -0.39 is 30.5 Å². The number of hydrogen-bond acceptors (Lipinski definition) is 7. The van der Waals surface area contributed by atoms with Crippen molar-refractivity contribution in [3.05, 3.63) is 23.2 Å². The molecule has 0 aromatic rings. The molecule has 0 saturated carbocycles. The number of allylic oxidation sites excluding steroid dienone is 2. The standard InChI is InChI=1S/C35H61F2N7O2/c1-6-9-10-11-14-28-31(37)32(44-19-17-25(18-20-44)34(45)39-5)29(22-41-28)43-35(46)30-23(4)40-21-26(36)15-16-27(42-33(30)38)24(12-7-2)13-8-3/h16,21,23-26,28,30-31,33,41-42H,6-15,17-20,22,38H2,1-5H3,(H,39,45)(H,43,46)/b27-16-,40-21-. The number of alkyl halides is 2. The van der Waals surface area contributed by atoms with Crippen molar-refractivity contribution in [2.24, 2.45) is 28.5 Å². The molecule has 262 valence electrons. The maximum atomic E-state index is 16.5. The van der Waals surface area contributed by atoms with Crippen molar-refractivity contribution in [2.45, 2.75) is 135 Å². The number of nitrogens with one attached hydrogen (secondary N) is 4. The normalized spacial score (nSPS) is 29.9. The fourth-order valence-corrected chi connectivity index (χ4v) is 7.20. The number of nitrogens with zero attached hydrogens (tertiary/aromatic N) is 2. The zero-order valence-electron chi connectivity index (χ0n) is 28.9. The maximum Gasteiger partial charge on any atom is 0.232 e. The van der Waals surface area contributed by atoms with Gasteiger partial charge in [0.05, 0.1) is 29.5 Å². The van der Waals surface area contributed by atoms with E-state index in [9.17, 15) is 14.0 Å². The Morgan fingerprint density at radius 3 is 2.39 bits per heavy atom. The second-order valence-corrected chi connectivity index (χ2v) is 13.4. The van der Waals surface area contributed by atoms with E-state index in [0.29, 0.717) is 50.3 Å². The SMILES string of the molecule is CCCCCCC1NCC(NC(=O)C2C(C)/N=C\C(F)C/C=C(/C(CCC)CCC)NC2N)=C(N2CCC(C(=O)NC)CC2)C1F. The number of amides is 2. The first kappa shape index (κ1) is 37.9. The number of rotatable bonds is 14. The molecule has 1 fully saturated rings. The van der Waals surface area contributed by atoms with Crippen molar-refractivity contribution >= 4 is 18.0 Å². The van der Waals surface area contributed by atoms with E-state index in [2.05, 4.69) is 47.0 Å². The quantitative estimate of drug-likeness (QED) is 0.172. The molecule has 3 aliphatic heterocycles. The third kappa shape index (κ3) is 10.5. The summed E-state index contributed by atoms with van der Waals surface area (Å²) in [5, 5.41) is 12.6. The van der Waals surface area contributed by atoms with Crippen LogP contribution < -0.4 is 27.0 Å². The number of carbonyl (C=O) groups excluding carboxylic acids is 2. The molecule has 9 nitrogen and oxygen atoms in total. The van der Waals surface area contributed by atoms with Crippen molar-refractivity contribution < 1.29 is 18.4 Å². The Morgan fingerprint density at radius 1 is 1.07 bits per heavy atom. The van der Waals surface area contributed by atoms with E-state index in [1.165, 1.54) is 6.21 Å². The zero-order chi connectivity index (χ0) is 33.6. The number of piperidine rings is 1. The summed E-state index contributed by atoms with van der Waals surface area (Å²) in [5.41, 5.74) is 8.62. The summed E-state index contributed by atoms with van der Waals surface area (Å²) in [7, 11) is 1.64. The molecule has 6 unspecified atom stereocenters. The molecule has 0 aliphatic carbocycles. The molecule has 0 radical (unpaired) electrons. The van der Waals surface area contributed by atoms with Crippen LogP contribution in [0.4, 0.5) is 8.78 Å². The number of nitrogens with two attached hydrogens (primary N) is 1. The molecule has 11 heteroatoms. The lowest BCUT2D eigenvalue weighted by molar-refractivity contribution is -0.126. The molecule has 0 bridgehead atoms. The third-order valence-electron chi connectivity index (χ3n) is 9.86. The second kappa shape index (κ2) is 19.3. The Labute approximate surface area is 276 Å². The van der Waals surface area contributed by atoms with Crippen LogP contribution in [-0.4, -0.2) is 80.2 Å². The summed E-state index contributed by atoms with van der Waals surface area (Å²) in [6, 6.07) is -0.958. The van der Waals surface area contributed by atoms with Gasteiger partial charge >= 0.3 is 0 Å². The number of halogens is 2. The Balaban J connectivity index is 1.89. The summed E-state index contributed by atoms with van der Waals surface area (Å²) in [4.78, 5) is 32.9. The topological polar surface area (TPSA) is 124 Å². The van der Waals surface area contributed by atoms with E-state index in [-0.39, 0.29) is 36.1 Å². The fraction of sp³-hybridized carbons (Fsp3) is 0.800. The lowest BCUT2D eigenvalue weighted by Crippen LogP contribution is -2.57. The first-order chi connectivity index (χ1) is 22.1. The molecular weight excluding hydrogens is 588 g/mol. The Bertz CT molecular complexity index is 1050. The fourth-order valence-electron chi connectivity index (χ4n) is 7.20. The summed E-state index contributed by atoms with van der Waals surface area (Å²) in [5.74, 6) is -1.10. The first-order valence-electron chi connectivity index (χ1n) is 17.9. The highest BCUT2D eigenvalue weighted by atomic mass is 19.1. The summed E-state index contributed by atoms with van der Waals surface area (Å²) >= 11 is 0. The summed E-state index contributed by atoms with van der Waals surface area (Å²) in [6.07, 6.45) is 10.0. The minimum atomic E-state index is -1.31. The van der Waals surface area contributed by atoms with Gasteiger partial charge < -0.3 is 31.9 Å². The molecule has 0 aromatic heterocycles. The number of hydrogen-bond donors (Lipinski definition) is 5. The monoisotopic (exact) mass is 649 g/mol. The lowest BCUT2D eigenvalue weighted by Gasteiger charge is -2.42. The van der Waals surface area contributed by atoms with Gasteiger partial charge in [0.25, 0.3) is 0 Å². The molecule has 3 rings (SSSR count). The van der Waals surface area contributed by atoms with Gasteiger partial charge in [-0.3, -0.25) is 14.6 Å². The van der Waals surface area contributed by atoms with Gasteiger partial charge in [-0.15, -0.1) is 0 Å². The van der Waals surface area contributed by atoms with Gasteiger partial charge in [-0.2, -0.15) is 0 Å². The van der Waals surface area contributed by atoms with Crippen molar-refractivity contribution in [3.8, 4) is 0 Å². The van der Waals surface area contributed by atoms with Crippen LogP contribution in [0, 0.1) is 17.8 Å². The van der Waals surface area contributed by atoms with E-state index in [1.54, 1.807) is 14.0 Å².